The van der Waals surface area contributed by atoms with Gasteiger partial charge >= 0.3 is 0 Å². The van der Waals surface area contributed by atoms with Crippen LogP contribution >= 0.6 is 0 Å². The summed E-state index contributed by atoms with van der Waals surface area (Å²) < 4.78 is 0. The maximum absolute atomic E-state index is 12.3. The number of nitrogens with zero attached hydrogens (tertiary/aromatic N) is 2. The number of amides is 1. The van der Waals surface area contributed by atoms with Crippen molar-refractivity contribution in [3.8, 4) is 0 Å². The van der Waals surface area contributed by atoms with Crippen LogP contribution in [0.25, 0.3) is 10.9 Å². The normalized spacial score (nSPS) is 11.8. The average Bonchev–Trinajstić information content (AvgIpc) is 2.78. The fourth-order valence-electron chi connectivity index (χ4n) is 2.26. The summed E-state index contributed by atoms with van der Waals surface area (Å²) in [5.74, 6) is -0.0102. The van der Waals surface area contributed by atoms with Gasteiger partial charge in [-0.1, -0.05) is 18.2 Å². The number of aliphatic hydroxyl groups is 1. The Bertz CT molecular complexity index is 598. The molecule has 20 heavy (non-hydrogen) atoms. The molecule has 0 saturated heterocycles. The molecule has 0 aliphatic heterocycles. The Morgan fingerprint density at radius 3 is 2.75 bits per heavy atom. The monoisotopic (exact) mass is 275 g/mol. The van der Waals surface area contributed by atoms with Crippen LogP contribution < -0.4 is 0 Å². The molecule has 108 valence electrons. The molecule has 0 radical (unpaired) electrons. The van der Waals surface area contributed by atoms with Crippen LogP contribution in [0.5, 0.6) is 0 Å². The Morgan fingerprint density at radius 2 is 2.10 bits per heavy atom. The van der Waals surface area contributed by atoms with Crippen LogP contribution in [0, 0.1) is 0 Å². The zero-order chi connectivity index (χ0) is 14.8. The van der Waals surface area contributed by atoms with Crippen molar-refractivity contribution in [2.24, 2.45) is 0 Å². The van der Waals surface area contributed by atoms with Crippen LogP contribution in [0.2, 0.25) is 0 Å². The maximum atomic E-state index is 12.3. The third-order valence-corrected chi connectivity index (χ3v) is 3.18. The van der Waals surface area contributed by atoms with E-state index >= 15 is 0 Å². The molecule has 0 spiro atoms. The highest BCUT2D eigenvalue weighted by Gasteiger charge is 2.22. The maximum Gasteiger partial charge on any atom is 0.228 e. The van der Waals surface area contributed by atoms with Crippen molar-refractivity contribution >= 4 is 16.8 Å². The van der Waals surface area contributed by atoms with E-state index in [-0.39, 0.29) is 12.3 Å². The lowest BCUT2D eigenvalue weighted by atomic mass is 10.1. The third kappa shape index (κ3) is 3.36. The van der Waals surface area contributed by atoms with Gasteiger partial charge in [-0.25, -0.2) is 0 Å². The van der Waals surface area contributed by atoms with Crippen molar-refractivity contribution in [3.63, 3.8) is 0 Å². The summed E-state index contributed by atoms with van der Waals surface area (Å²) in [6, 6.07) is 7.71. The lowest BCUT2D eigenvalue weighted by Crippen LogP contribution is -2.42. The number of carbonyl (C=O) groups excluding carboxylic acids is 1. The number of fused-ring (bicyclic) bond motifs is 1. The number of aromatic nitrogens is 2. The van der Waals surface area contributed by atoms with Gasteiger partial charge in [-0.3, -0.25) is 9.89 Å². The molecule has 5 nitrogen and oxygen atoms in total. The van der Waals surface area contributed by atoms with Crippen LogP contribution in [0.15, 0.2) is 24.3 Å². The van der Waals surface area contributed by atoms with E-state index in [4.69, 9.17) is 0 Å². The van der Waals surface area contributed by atoms with Gasteiger partial charge in [-0.05, 0) is 26.8 Å². The summed E-state index contributed by atoms with van der Waals surface area (Å²) in [5.41, 5.74) is 0.794. The fraction of sp³-hybridized carbons (Fsp3) is 0.467. The molecule has 2 N–H and O–H groups in total. The smallest absolute Gasteiger partial charge is 0.228 e. The molecule has 0 saturated carbocycles. The second-order valence-electron chi connectivity index (χ2n) is 5.62. The number of likely N-dealkylation sites (N-methyl/N-ethyl adjacent to an activating group) is 1. The lowest BCUT2D eigenvalue weighted by Gasteiger charge is -2.28. The predicted molar refractivity (Wildman–Crippen MR) is 78.3 cm³/mol. The van der Waals surface area contributed by atoms with Gasteiger partial charge in [0.15, 0.2) is 0 Å². The summed E-state index contributed by atoms with van der Waals surface area (Å²) >= 11 is 0. The van der Waals surface area contributed by atoms with E-state index in [1.54, 1.807) is 18.7 Å². The van der Waals surface area contributed by atoms with Gasteiger partial charge in [0, 0.05) is 18.5 Å². The van der Waals surface area contributed by atoms with Crippen molar-refractivity contribution in [2.75, 3.05) is 13.1 Å². The summed E-state index contributed by atoms with van der Waals surface area (Å²) in [5, 5.41) is 17.9. The number of para-hydroxylation sites is 1. The van der Waals surface area contributed by atoms with E-state index < -0.39 is 5.60 Å². The molecular formula is C15H21N3O2. The molecule has 2 aromatic rings. The number of rotatable bonds is 5. The predicted octanol–water partition coefficient (Wildman–Crippen LogP) is 1.72. The van der Waals surface area contributed by atoms with Gasteiger partial charge in [0.25, 0.3) is 0 Å². The molecular weight excluding hydrogens is 254 g/mol. The number of benzene rings is 1. The van der Waals surface area contributed by atoms with Crippen LogP contribution in [-0.4, -0.2) is 44.8 Å². The Hall–Kier alpha value is -1.88. The minimum Gasteiger partial charge on any atom is -0.389 e. The SMILES string of the molecule is CCN(CC(C)(C)O)C(=O)Cc1[nH]nc2ccccc12. The van der Waals surface area contributed by atoms with E-state index in [2.05, 4.69) is 10.2 Å². The Labute approximate surface area is 118 Å². The Kier molecular flexibility index (Phi) is 4.09. The van der Waals surface area contributed by atoms with Crippen LogP contribution in [0.4, 0.5) is 0 Å². The molecule has 5 heteroatoms. The van der Waals surface area contributed by atoms with Gasteiger partial charge in [-0.2, -0.15) is 5.10 Å². The summed E-state index contributed by atoms with van der Waals surface area (Å²) in [6.45, 7) is 6.22. The number of aromatic amines is 1. The second-order valence-corrected chi connectivity index (χ2v) is 5.62. The zero-order valence-electron chi connectivity index (χ0n) is 12.2. The van der Waals surface area contributed by atoms with Gasteiger partial charge in [-0.15, -0.1) is 0 Å². The summed E-state index contributed by atoms with van der Waals surface area (Å²) in [4.78, 5) is 14.0. The number of H-pyrrole nitrogens is 1. The average molecular weight is 275 g/mol. The molecule has 0 aliphatic rings. The van der Waals surface area contributed by atoms with E-state index in [1.165, 1.54) is 0 Å². The molecule has 1 aromatic carbocycles. The molecule has 0 aliphatic carbocycles. The first-order valence-electron chi connectivity index (χ1n) is 6.83. The molecule has 1 heterocycles. The molecule has 0 bridgehead atoms. The number of carbonyl (C=O) groups is 1. The standard InChI is InChI=1S/C15H21N3O2/c1-4-18(10-15(2,3)20)14(19)9-13-11-7-5-6-8-12(11)16-17-13/h5-8,20H,4,9-10H2,1-3H3,(H,16,17). The highest BCUT2D eigenvalue weighted by molar-refractivity contribution is 5.87. The van der Waals surface area contributed by atoms with Crippen molar-refractivity contribution in [2.45, 2.75) is 32.8 Å². The topological polar surface area (TPSA) is 69.2 Å². The highest BCUT2D eigenvalue weighted by atomic mass is 16.3. The van der Waals surface area contributed by atoms with Gasteiger partial charge in [0.2, 0.25) is 5.91 Å². The molecule has 1 aromatic heterocycles. The molecule has 0 atom stereocenters. The van der Waals surface area contributed by atoms with E-state index in [1.807, 2.05) is 31.2 Å². The van der Waals surface area contributed by atoms with Crippen LogP contribution in [0.3, 0.4) is 0 Å². The first kappa shape index (κ1) is 14.5. The van der Waals surface area contributed by atoms with Crippen LogP contribution in [-0.2, 0) is 11.2 Å². The van der Waals surface area contributed by atoms with Gasteiger partial charge < -0.3 is 10.0 Å². The largest absolute Gasteiger partial charge is 0.389 e. The second kappa shape index (κ2) is 5.63. The minimum absolute atomic E-state index is 0.0102. The number of hydrogen-bond donors (Lipinski definition) is 2. The summed E-state index contributed by atoms with van der Waals surface area (Å²) in [6.07, 6.45) is 0.268. The molecule has 0 unspecified atom stereocenters. The number of hydrogen-bond acceptors (Lipinski definition) is 3. The number of nitrogens with one attached hydrogen (secondary N) is 1. The fourth-order valence-corrected chi connectivity index (χ4v) is 2.26. The van der Waals surface area contributed by atoms with Gasteiger partial charge in [0.1, 0.15) is 0 Å². The zero-order valence-corrected chi connectivity index (χ0v) is 12.2. The highest BCUT2D eigenvalue weighted by Crippen LogP contribution is 2.16. The van der Waals surface area contributed by atoms with Crippen LogP contribution in [0.1, 0.15) is 26.5 Å². The van der Waals surface area contributed by atoms with E-state index in [9.17, 15) is 9.90 Å². The van der Waals surface area contributed by atoms with Crippen molar-refractivity contribution < 1.29 is 9.90 Å². The van der Waals surface area contributed by atoms with E-state index in [0.717, 1.165) is 16.6 Å². The van der Waals surface area contributed by atoms with Gasteiger partial charge in [0.05, 0.1) is 23.2 Å². The first-order chi connectivity index (χ1) is 9.40. The molecule has 2 rings (SSSR count). The van der Waals surface area contributed by atoms with E-state index in [0.29, 0.717) is 13.1 Å². The third-order valence-electron chi connectivity index (χ3n) is 3.18. The lowest BCUT2D eigenvalue weighted by molar-refractivity contribution is -0.133. The summed E-state index contributed by atoms with van der Waals surface area (Å²) in [7, 11) is 0. The first-order valence-corrected chi connectivity index (χ1v) is 6.83. The van der Waals surface area contributed by atoms with Crippen molar-refractivity contribution in [1.82, 2.24) is 15.1 Å². The van der Waals surface area contributed by atoms with Crippen molar-refractivity contribution in [3.05, 3.63) is 30.0 Å². The quantitative estimate of drug-likeness (QED) is 0.873. The Morgan fingerprint density at radius 1 is 1.40 bits per heavy atom. The molecule has 1 amide bonds. The van der Waals surface area contributed by atoms with Crippen molar-refractivity contribution in [1.29, 1.82) is 0 Å². The minimum atomic E-state index is -0.887. The Balaban J connectivity index is 2.14. The molecule has 0 fully saturated rings.